The summed E-state index contributed by atoms with van der Waals surface area (Å²) in [6, 6.07) is 6.29. The SMILES string of the molecule is CCOC(=O)CN(c1cc(Cl)c(Cl)cc1Cl)S(=O)(=O)c1ccc(Cl)c(Cl)c1. The van der Waals surface area contributed by atoms with Gasteiger partial charge in [-0.15, -0.1) is 0 Å². The fraction of sp³-hybridized carbons (Fsp3) is 0.188. The maximum Gasteiger partial charge on any atom is 0.326 e. The van der Waals surface area contributed by atoms with Gasteiger partial charge < -0.3 is 4.74 Å². The van der Waals surface area contributed by atoms with E-state index in [4.69, 9.17) is 62.7 Å². The molecule has 0 amide bonds. The van der Waals surface area contributed by atoms with Crippen LogP contribution in [0.3, 0.4) is 0 Å². The third-order valence-corrected chi connectivity index (χ3v) is 6.84. The molecule has 0 fully saturated rings. The van der Waals surface area contributed by atoms with Crippen LogP contribution >= 0.6 is 58.0 Å². The lowest BCUT2D eigenvalue weighted by atomic mass is 10.3. The van der Waals surface area contributed by atoms with Gasteiger partial charge >= 0.3 is 5.97 Å². The number of hydrogen-bond acceptors (Lipinski definition) is 4. The molecule has 0 atom stereocenters. The molecule has 0 saturated carbocycles. The highest BCUT2D eigenvalue weighted by Crippen LogP contribution is 2.37. The summed E-state index contributed by atoms with van der Waals surface area (Å²) in [7, 11) is -4.26. The second kappa shape index (κ2) is 9.07. The van der Waals surface area contributed by atoms with Gasteiger partial charge in [0, 0.05) is 0 Å². The van der Waals surface area contributed by atoms with Gasteiger partial charge in [0.15, 0.2) is 0 Å². The van der Waals surface area contributed by atoms with Crippen LogP contribution in [0.5, 0.6) is 0 Å². The van der Waals surface area contributed by atoms with E-state index in [-0.39, 0.29) is 42.3 Å². The van der Waals surface area contributed by atoms with Crippen LogP contribution < -0.4 is 4.31 Å². The Labute approximate surface area is 181 Å². The Morgan fingerprint density at radius 2 is 1.52 bits per heavy atom. The van der Waals surface area contributed by atoms with Crippen LogP contribution in [0.1, 0.15) is 6.92 Å². The number of benzene rings is 2. The zero-order valence-electron chi connectivity index (χ0n) is 13.7. The molecule has 0 saturated heterocycles. The van der Waals surface area contributed by atoms with E-state index >= 15 is 0 Å². The molecule has 2 aromatic carbocycles. The first-order chi connectivity index (χ1) is 12.6. The molecule has 0 aliphatic carbocycles. The van der Waals surface area contributed by atoms with Gasteiger partial charge in [0.25, 0.3) is 10.0 Å². The van der Waals surface area contributed by atoms with E-state index in [1.807, 2.05) is 0 Å². The second-order valence-electron chi connectivity index (χ2n) is 5.11. The van der Waals surface area contributed by atoms with Crippen LogP contribution in [-0.4, -0.2) is 27.5 Å². The molecule has 0 bridgehead atoms. The van der Waals surface area contributed by atoms with Crippen molar-refractivity contribution >= 4 is 79.7 Å². The molecule has 5 nitrogen and oxygen atoms in total. The minimum absolute atomic E-state index is 0.0164. The van der Waals surface area contributed by atoms with Gasteiger partial charge in [0.1, 0.15) is 6.54 Å². The summed E-state index contributed by atoms with van der Waals surface area (Å²) in [5.41, 5.74) is -0.0369. The molecule has 0 heterocycles. The molecule has 0 aliphatic rings. The van der Waals surface area contributed by atoms with E-state index in [0.29, 0.717) is 0 Å². The van der Waals surface area contributed by atoms with Crippen LogP contribution in [0.4, 0.5) is 5.69 Å². The Balaban J connectivity index is 2.63. The van der Waals surface area contributed by atoms with Gasteiger partial charge in [0.05, 0.1) is 42.3 Å². The third-order valence-electron chi connectivity index (χ3n) is 3.32. The molecule has 0 spiro atoms. The summed E-state index contributed by atoms with van der Waals surface area (Å²) in [4.78, 5) is 11.8. The van der Waals surface area contributed by atoms with Crippen molar-refractivity contribution in [1.29, 1.82) is 0 Å². The summed E-state index contributed by atoms with van der Waals surface area (Å²) in [5.74, 6) is -0.775. The molecule has 11 heteroatoms. The molecule has 0 radical (unpaired) electrons. The van der Waals surface area contributed by atoms with Gasteiger partial charge in [0.2, 0.25) is 0 Å². The van der Waals surface area contributed by atoms with Gasteiger partial charge in [-0.2, -0.15) is 0 Å². The van der Waals surface area contributed by atoms with E-state index in [9.17, 15) is 13.2 Å². The fourth-order valence-corrected chi connectivity index (χ4v) is 4.59. The Kier molecular flexibility index (Phi) is 7.53. The Bertz CT molecular complexity index is 981. The maximum absolute atomic E-state index is 13.2. The van der Waals surface area contributed by atoms with E-state index in [0.717, 1.165) is 4.31 Å². The zero-order valence-corrected chi connectivity index (χ0v) is 18.3. The number of nitrogens with zero attached hydrogens (tertiary/aromatic N) is 1. The number of carbonyl (C=O) groups is 1. The molecule has 0 unspecified atom stereocenters. The summed E-state index contributed by atoms with van der Waals surface area (Å²) in [6.07, 6.45) is 0. The van der Waals surface area contributed by atoms with Crippen LogP contribution in [0, 0.1) is 0 Å². The monoisotopic (exact) mass is 489 g/mol. The van der Waals surface area contributed by atoms with Crippen LogP contribution in [-0.2, 0) is 19.6 Å². The molecule has 146 valence electrons. The van der Waals surface area contributed by atoms with Gasteiger partial charge in [-0.1, -0.05) is 58.0 Å². The van der Waals surface area contributed by atoms with Crippen molar-refractivity contribution in [2.24, 2.45) is 0 Å². The lowest BCUT2D eigenvalue weighted by Gasteiger charge is -2.25. The van der Waals surface area contributed by atoms with Crippen molar-refractivity contribution in [3.05, 3.63) is 55.4 Å². The third kappa shape index (κ3) is 5.13. The molecule has 2 rings (SSSR count). The average molecular weight is 492 g/mol. The van der Waals surface area contributed by atoms with Crippen molar-refractivity contribution in [3.63, 3.8) is 0 Å². The van der Waals surface area contributed by atoms with Gasteiger partial charge in [-0.25, -0.2) is 8.42 Å². The summed E-state index contributed by atoms with van der Waals surface area (Å²) in [5, 5.41) is 0.397. The number of rotatable bonds is 6. The quantitative estimate of drug-likeness (QED) is 0.383. The van der Waals surface area contributed by atoms with Crippen molar-refractivity contribution < 1.29 is 17.9 Å². The average Bonchev–Trinajstić information content (AvgIpc) is 2.58. The summed E-state index contributed by atoms with van der Waals surface area (Å²) in [6.45, 7) is 1.05. The minimum Gasteiger partial charge on any atom is -0.465 e. The van der Waals surface area contributed by atoms with E-state index in [2.05, 4.69) is 0 Å². The number of hydrogen-bond donors (Lipinski definition) is 0. The summed E-state index contributed by atoms with van der Waals surface area (Å²) >= 11 is 29.8. The summed E-state index contributed by atoms with van der Waals surface area (Å²) < 4.78 is 32.0. The standard InChI is InChI=1S/C16H12Cl5NO4S/c1-2-26-16(23)8-22(15-7-13(20)12(19)6-14(15)21)27(24,25)9-3-4-10(17)11(18)5-9/h3-7H,2,8H2,1H3. The van der Waals surface area contributed by atoms with Gasteiger partial charge in [-0.05, 0) is 37.3 Å². The highest BCUT2D eigenvalue weighted by Gasteiger charge is 2.30. The van der Waals surface area contributed by atoms with Crippen LogP contribution in [0.2, 0.25) is 25.1 Å². The Morgan fingerprint density at radius 1 is 0.926 bits per heavy atom. The number of carbonyl (C=O) groups excluding carboxylic acids is 1. The minimum atomic E-state index is -4.26. The topological polar surface area (TPSA) is 63.7 Å². The number of esters is 1. The van der Waals surface area contributed by atoms with E-state index in [1.54, 1.807) is 6.92 Å². The molecule has 0 aliphatic heterocycles. The predicted molar refractivity (Wildman–Crippen MR) is 109 cm³/mol. The first-order valence-electron chi connectivity index (χ1n) is 7.36. The van der Waals surface area contributed by atoms with Crippen molar-refractivity contribution in [1.82, 2.24) is 0 Å². The Morgan fingerprint density at radius 3 is 2.11 bits per heavy atom. The van der Waals surface area contributed by atoms with E-state index in [1.165, 1.54) is 30.3 Å². The lowest BCUT2D eigenvalue weighted by molar-refractivity contribution is -0.141. The first-order valence-corrected chi connectivity index (χ1v) is 10.7. The molecule has 0 aromatic heterocycles. The normalized spacial score (nSPS) is 11.3. The first kappa shape index (κ1) is 22.4. The molecular weight excluding hydrogens is 480 g/mol. The van der Waals surface area contributed by atoms with Gasteiger partial charge in [-0.3, -0.25) is 9.10 Å². The highest BCUT2D eigenvalue weighted by atomic mass is 35.5. The number of ether oxygens (including phenoxy) is 1. The molecule has 2 aromatic rings. The second-order valence-corrected chi connectivity index (χ2v) is 9.01. The number of anilines is 1. The van der Waals surface area contributed by atoms with Crippen LogP contribution in [0.25, 0.3) is 0 Å². The smallest absolute Gasteiger partial charge is 0.326 e. The van der Waals surface area contributed by atoms with Crippen LogP contribution in [0.15, 0.2) is 35.2 Å². The van der Waals surface area contributed by atoms with Crippen molar-refractivity contribution in [2.75, 3.05) is 17.5 Å². The molecule has 27 heavy (non-hydrogen) atoms. The van der Waals surface area contributed by atoms with Crippen molar-refractivity contribution in [3.8, 4) is 0 Å². The lowest BCUT2D eigenvalue weighted by Crippen LogP contribution is -2.36. The van der Waals surface area contributed by atoms with E-state index < -0.39 is 22.5 Å². The number of halogens is 5. The zero-order chi connectivity index (χ0) is 20.4. The predicted octanol–water partition coefficient (Wildman–Crippen LogP) is 5.71. The molecular formula is C16H12Cl5NO4S. The maximum atomic E-state index is 13.2. The van der Waals surface area contributed by atoms with Crippen molar-refractivity contribution in [2.45, 2.75) is 11.8 Å². The largest absolute Gasteiger partial charge is 0.465 e. The highest BCUT2D eigenvalue weighted by molar-refractivity contribution is 7.92. The number of sulfonamides is 1. The molecule has 0 N–H and O–H groups in total. The Hall–Kier alpha value is -0.890. The fourth-order valence-electron chi connectivity index (χ4n) is 2.09.